The van der Waals surface area contributed by atoms with Gasteiger partial charge in [-0.25, -0.2) is 14.4 Å². The smallest absolute Gasteiger partial charge is 0.290 e. The van der Waals surface area contributed by atoms with Crippen molar-refractivity contribution in [2.75, 3.05) is 45.2 Å². The van der Waals surface area contributed by atoms with Gasteiger partial charge in [0.1, 0.15) is 0 Å². The van der Waals surface area contributed by atoms with Gasteiger partial charge < -0.3 is 15.1 Å². The zero-order valence-electron chi connectivity index (χ0n) is 18.1. The van der Waals surface area contributed by atoms with Crippen LogP contribution in [0.4, 0.5) is 5.95 Å². The van der Waals surface area contributed by atoms with Gasteiger partial charge in [0.15, 0.2) is 16.5 Å². The molecular weight excluding hydrogens is 428 g/mol. The number of amides is 1. The van der Waals surface area contributed by atoms with Gasteiger partial charge in [0.05, 0.1) is 11.2 Å². The van der Waals surface area contributed by atoms with E-state index < -0.39 is 0 Å². The molecule has 32 heavy (non-hydrogen) atoms. The van der Waals surface area contributed by atoms with Gasteiger partial charge in [-0.2, -0.15) is 4.52 Å². The number of likely N-dealkylation sites (N-methyl/N-ethyl adjacent to an activating group) is 1. The lowest BCUT2D eigenvalue weighted by molar-refractivity contribution is 0.0936. The van der Waals surface area contributed by atoms with Crippen molar-refractivity contribution < 1.29 is 4.79 Å². The number of aromatic nitrogens is 5. The maximum atomic E-state index is 12.9. The molecule has 1 aliphatic heterocycles. The van der Waals surface area contributed by atoms with Crippen LogP contribution in [0.15, 0.2) is 24.3 Å². The minimum atomic E-state index is -0.380. The minimum Gasteiger partial charge on any atom is -0.364 e. The molecule has 0 radical (unpaired) electrons. The number of carbonyl (C=O) groups excluding carboxylic acids is 1. The third-order valence-electron chi connectivity index (χ3n) is 5.70. The zero-order chi connectivity index (χ0) is 22.4. The van der Waals surface area contributed by atoms with Crippen LogP contribution in [0.3, 0.4) is 0 Å². The molecule has 4 heterocycles. The first-order chi connectivity index (χ1) is 15.5. The van der Waals surface area contributed by atoms with E-state index in [1.165, 1.54) is 0 Å². The molecule has 1 saturated heterocycles. The van der Waals surface area contributed by atoms with Gasteiger partial charge >= 0.3 is 0 Å². The quantitative estimate of drug-likeness (QED) is 0.293. The Morgan fingerprint density at radius 3 is 2.59 bits per heavy atom. The maximum Gasteiger partial charge on any atom is 0.290 e. The van der Waals surface area contributed by atoms with Crippen LogP contribution < -0.4 is 21.1 Å². The van der Waals surface area contributed by atoms with E-state index in [4.69, 9.17) is 27.3 Å². The van der Waals surface area contributed by atoms with E-state index >= 15 is 0 Å². The molecule has 1 aliphatic rings. The largest absolute Gasteiger partial charge is 0.364 e. The molecule has 0 aliphatic carbocycles. The molecule has 3 N–H and O–H groups in total. The predicted molar refractivity (Wildman–Crippen MR) is 126 cm³/mol. The Hall–Kier alpha value is -3.51. The summed E-state index contributed by atoms with van der Waals surface area (Å²) in [6.07, 6.45) is 0. The standard InChI is InChI=1S/C20H24N10OS/c1-12-15(17(31)24-25-18(32)21-2)30-20(22-12)29-16(26-30)13-6-4-5-7-14(13)23-19(29)28-10-8-27(3)9-11-28/h4-7H,8-11H2,1-3H3,(H,24,31)(H2,21,25,32). The molecule has 3 aromatic heterocycles. The number of hydrazine groups is 1. The number of nitrogens with zero attached hydrogens (tertiary/aromatic N) is 7. The van der Waals surface area contributed by atoms with Crippen LogP contribution in [0.25, 0.3) is 22.3 Å². The maximum absolute atomic E-state index is 12.9. The molecule has 11 nitrogen and oxygen atoms in total. The highest BCUT2D eigenvalue weighted by Crippen LogP contribution is 2.27. The van der Waals surface area contributed by atoms with Crippen LogP contribution in [0.5, 0.6) is 0 Å². The van der Waals surface area contributed by atoms with Gasteiger partial charge in [-0.1, -0.05) is 12.1 Å². The van der Waals surface area contributed by atoms with Crippen molar-refractivity contribution in [3.63, 3.8) is 0 Å². The number of piperazine rings is 1. The van der Waals surface area contributed by atoms with Crippen molar-refractivity contribution in [2.24, 2.45) is 0 Å². The molecule has 4 aromatic rings. The second-order valence-corrected chi connectivity index (χ2v) is 8.20. The lowest BCUT2D eigenvalue weighted by Gasteiger charge is -2.33. The minimum absolute atomic E-state index is 0.305. The number of benzene rings is 1. The average Bonchev–Trinajstić information content (AvgIpc) is 3.32. The number of imidazole rings is 1. The van der Waals surface area contributed by atoms with E-state index in [2.05, 4.69) is 33.0 Å². The van der Waals surface area contributed by atoms with E-state index in [1.54, 1.807) is 18.5 Å². The van der Waals surface area contributed by atoms with Gasteiger partial charge in [-0.05, 0) is 38.3 Å². The summed E-state index contributed by atoms with van der Waals surface area (Å²) >= 11 is 5.04. The second-order valence-electron chi connectivity index (χ2n) is 7.79. The van der Waals surface area contributed by atoms with Crippen molar-refractivity contribution in [2.45, 2.75) is 6.92 Å². The number of fused-ring (bicyclic) bond motifs is 5. The van der Waals surface area contributed by atoms with Crippen molar-refractivity contribution in [1.82, 2.24) is 45.1 Å². The number of aryl methyl sites for hydroxylation is 1. The number of thiocarbonyl (C=S) groups is 1. The second kappa shape index (κ2) is 7.88. The highest BCUT2D eigenvalue weighted by Gasteiger charge is 2.26. The Kier molecular flexibility index (Phi) is 5.02. The summed E-state index contributed by atoms with van der Waals surface area (Å²) in [6.45, 7) is 5.37. The van der Waals surface area contributed by atoms with Gasteiger partial charge in [-0.3, -0.25) is 15.6 Å². The van der Waals surface area contributed by atoms with E-state index in [0.717, 1.165) is 43.0 Å². The topological polar surface area (TPSA) is 107 Å². The van der Waals surface area contributed by atoms with Crippen molar-refractivity contribution in [1.29, 1.82) is 0 Å². The van der Waals surface area contributed by atoms with Crippen LogP contribution in [0, 0.1) is 6.92 Å². The van der Waals surface area contributed by atoms with Crippen LogP contribution in [0.1, 0.15) is 16.2 Å². The molecule has 1 aromatic carbocycles. The van der Waals surface area contributed by atoms with Crippen LogP contribution in [-0.4, -0.2) is 80.2 Å². The average molecular weight is 453 g/mol. The normalized spacial score (nSPS) is 14.9. The van der Waals surface area contributed by atoms with E-state index in [1.807, 2.05) is 28.7 Å². The van der Waals surface area contributed by atoms with Gasteiger partial charge in [0, 0.05) is 38.6 Å². The Morgan fingerprint density at radius 1 is 1.09 bits per heavy atom. The molecule has 0 unspecified atom stereocenters. The van der Waals surface area contributed by atoms with Crippen LogP contribution in [-0.2, 0) is 0 Å². The molecule has 0 saturated carbocycles. The third-order valence-corrected chi connectivity index (χ3v) is 6.01. The predicted octanol–water partition coefficient (Wildman–Crippen LogP) is 0.329. The van der Waals surface area contributed by atoms with Crippen molar-refractivity contribution >= 4 is 51.5 Å². The number of hydrogen-bond donors (Lipinski definition) is 3. The van der Waals surface area contributed by atoms with Gasteiger partial charge in [-0.15, -0.1) is 5.10 Å². The van der Waals surface area contributed by atoms with Crippen molar-refractivity contribution in [3.05, 3.63) is 35.7 Å². The van der Waals surface area contributed by atoms with Crippen LogP contribution >= 0.6 is 12.2 Å². The Morgan fingerprint density at radius 2 is 1.84 bits per heavy atom. The molecule has 0 spiro atoms. The number of anilines is 1. The number of rotatable bonds is 2. The Balaban J connectivity index is 1.70. The summed E-state index contributed by atoms with van der Waals surface area (Å²) in [5, 5.41) is 8.76. The monoisotopic (exact) mass is 452 g/mol. The first-order valence-corrected chi connectivity index (χ1v) is 10.8. The SMILES string of the molecule is CNC(=S)NNC(=O)c1c(C)nc2n1nc1c3ccccc3nc(N3CCN(C)CC3)n12. The van der Waals surface area contributed by atoms with Gasteiger partial charge in [0.25, 0.3) is 5.91 Å². The highest BCUT2D eigenvalue weighted by molar-refractivity contribution is 7.80. The molecular formula is C20H24N10OS. The number of para-hydroxylation sites is 1. The molecule has 1 amide bonds. The van der Waals surface area contributed by atoms with Crippen LogP contribution in [0.2, 0.25) is 0 Å². The molecule has 166 valence electrons. The summed E-state index contributed by atoms with van der Waals surface area (Å²) in [5.41, 5.74) is 7.72. The number of hydrogen-bond acceptors (Lipinski definition) is 7. The summed E-state index contributed by atoms with van der Waals surface area (Å²) < 4.78 is 3.53. The van der Waals surface area contributed by atoms with Crippen molar-refractivity contribution in [3.8, 4) is 0 Å². The molecule has 0 atom stereocenters. The highest BCUT2D eigenvalue weighted by atomic mass is 32.1. The lowest BCUT2D eigenvalue weighted by atomic mass is 10.2. The fourth-order valence-corrected chi connectivity index (χ4v) is 4.02. The Labute approximate surface area is 189 Å². The molecule has 12 heteroatoms. The first kappa shape index (κ1) is 20.4. The summed E-state index contributed by atoms with van der Waals surface area (Å²) in [5.74, 6) is 0.946. The van der Waals surface area contributed by atoms with Gasteiger partial charge in [0.2, 0.25) is 11.7 Å². The van der Waals surface area contributed by atoms with E-state index in [-0.39, 0.29) is 5.91 Å². The third kappa shape index (κ3) is 3.28. The summed E-state index contributed by atoms with van der Waals surface area (Å²) in [4.78, 5) is 27.1. The number of carbonyl (C=O) groups is 1. The van der Waals surface area contributed by atoms with E-state index in [9.17, 15) is 4.79 Å². The fraction of sp³-hybridized carbons (Fsp3) is 0.350. The Bertz CT molecular complexity index is 1350. The molecule has 1 fully saturated rings. The number of nitrogens with one attached hydrogen (secondary N) is 3. The zero-order valence-corrected chi connectivity index (χ0v) is 18.9. The van der Waals surface area contributed by atoms with E-state index in [0.29, 0.717) is 27.9 Å². The summed E-state index contributed by atoms with van der Waals surface area (Å²) in [6, 6.07) is 7.89. The molecule has 5 rings (SSSR count). The molecule has 0 bridgehead atoms. The fourth-order valence-electron chi connectivity index (χ4n) is 3.97. The first-order valence-electron chi connectivity index (χ1n) is 10.4. The lowest BCUT2D eigenvalue weighted by Crippen LogP contribution is -2.46. The summed E-state index contributed by atoms with van der Waals surface area (Å²) in [7, 11) is 3.79.